The molecule has 0 amide bonds. The number of hydrogen-bond donors (Lipinski definition) is 0. The molecule has 0 aromatic heterocycles. The highest BCUT2D eigenvalue weighted by Gasteiger charge is 2.31. The van der Waals surface area contributed by atoms with E-state index in [4.69, 9.17) is 23.6 Å². The van der Waals surface area contributed by atoms with Crippen LogP contribution in [0.1, 0.15) is 5.56 Å². The average molecular weight is 663 g/mol. The van der Waals surface area contributed by atoms with Crippen molar-refractivity contribution >= 4 is 84.8 Å². The monoisotopic (exact) mass is 662 g/mol. The Morgan fingerprint density at radius 1 is 0.486 bits per heavy atom. The molecule has 0 bridgehead atoms. The minimum atomic E-state index is -2.46. The van der Waals surface area contributed by atoms with Crippen molar-refractivity contribution in [3.8, 4) is 0 Å². The van der Waals surface area contributed by atoms with Gasteiger partial charge in [-0.05, 0) is 67.3 Å². The Balaban J connectivity index is 1.89. The van der Waals surface area contributed by atoms with Crippen LogP contribution in [0.5, 0.6) is 0 Å². The normalized spacial score (nSPS) is 12.3. The summed E-state index contributed by atoms with van der Waals surface area (Å²) in [4.78, 5) is 0. The van der Waals surface area contributed by atoms with Gasteiger partial charge in [-0.1, -0.05) is 157 Å². The molecule has 182 valence electrons. The number of hydrogen-bond acceptors (Lipinski definition) is 2. The average Bonchev–Trinajstić information content (AvgIpc) is 2.98. The van der Waals surface area contributed by atoms with Crippen molar-refractivity contribution in [2.75, 3.05) is 0 Å². The quantitative estimate of drug-likeness (QED) is 0.129. The first kappa shape index (κ1) is 26.5. The fraction of sp³-hybridized carbons (Fsp3) is 0. The van der Waals surface area contributed by atoms with Crippen molar-refractivity contribution < 1.29 is 0 Å². The lowest BCUT2D eigenvalue weighted by atomic mass is 10.2. The van der Waals surface area contributed by atoms with Crippen molar-refractivity contribution in [1.82, 2.24) is 0 Å². The second-order valence-electron chi connectivity index (χ2n) is 8.63. The molecule has 0 unspecified atom stereocenters. The molecule has 0 fully saturated rings. The second kappa shape index (κ2) is 11.7. The Morgan fingerprint density at radius 2 is 0.838 bits per heavy atom. The standard InChI is InChI=1S/C32H25IP2S2/c33-27-23-21-26(22-24-27)32(35(37,30-17-9-3-10-18-30)31-19-11-4-12-20-31)25-34(36,28-13-5-1-6-14-28)29-15-7-2-8-16-29/h1-25H/b32-25+. The van der Waals surface area contributed by atoms with Crippen LogP contribution in [0, 0.1) is 3.57 Å². The van der Waals surface area contributed by atoms with Crippen LogP contribution < -0.4 is 21.2 Å². The van der Waals surface area contributed by atoms with Crippen molar-refractivity contribution in [3.05, 3.63) is 161 Å². The van der Waals surface area contributed by atoms with E-state index in [0.717, 1.165) is 10.9 Å². The molecule has 0 atom stereocenters. The molecule has 37 heavy (non-hydrogen) atoms. The largest absolute Gasteiger partial charge is 0.0832 e. The Kier molecular flexibility index (Phi) is 8.39. The topological polar surface area (TPSA) is 0 Å². The molecule has 0 saturated heterocycles. The number of benzene rings is 5. The molecule has 5 aromatic carbocycles. The van der Waals surface area contributed by atoms with Gasteiger partial charge in [-0.25, -0.2) is 0 Å². The summed E-state index contributed by atoms with van der Waals surface area (Å²) < 4.78 is 1.19. The zero-order chi connectivity index (χ0) is 25.7. The van der Waals surface area contributed by atoms with Gasteiger partial charge < -0.3 is 0 Å². The lowest BCUT2D eigenvalue weighted by Gasteiger charge is -2.30. The molecular weight excluding hydrogens is 637 g/mol. The van der Waals surface area contributed by atoms with E-state index < -0.39 is 12.1 Å². The van der Waals surface area contributed by atoms with Crippen molar-refractivity contribution in [2.24, 2.45) is 0 Å². The van der Waals surface area contributed by atoms with Crippen LogP contribution >= 0.6 is 34.7 Å². The first-order valence-corrected chi connectivity index (χ1v) is 18.7. The van der Waals surface area contributed by atoms with Gasteiger partial charge in [0.15, 0.2) is 0 Å². The zero-order valence-electron chi connectivity index (χ0n) is 20.0. The van der Waals surface area contributed by atoms with Crippen LogP contribution in [0.25, 0.3) is 5.31 Å². The molecule has 0 heterocycles. The summed E-state index contributed by atoms with van der Waals surface area (Å²) in [5.41, 5.74) is 1.14. The Labute approximate surface area is 243 Å². The summed E-state index contributed by atoms with van der Waals surface area (Å²) in [5, 5.41) is 5.84. The fourth-order valence-corrected chi connectivity index (χ4v) is 13.6. The third kappa shape index (κ3) is 5.53. The maximum atomic E-state index is 6.85. The third-order valence-electron chi connectivity index (χ3n) is 6.30. The van der Waals surface area contributed by atoms with Gasteiger partial charge in [-0.15, -0.1) is 0 Å². The lowest BCUT2D eigenvalue weighted by Crippen LogP contribution is -2.19. The smallest absolute Gasteiger partial charge is 0.0386 e. The molecule has 0 nitrogen and oxygen atoms in total. The van der Waals surface area contributed by atoms with Crippen molar-refractivity contribution in [2.45, 2.75) is 0 Å². The summed E-state index contributed by atoms with van der Waals surface area (Å²) in [7, 11) is 0. The molecule has 0 aliphatic rings. The molecule has 0 aliphatic carbocycles. The summed E-state index contributed by atoms with van der Waals surface area (Å²) in [5.74, 6) is 2.38. The molecule has 0 radical (unpaired) electrons. The zero-order valence-corrected chi connectivity index (χ0v) is 25.6. The Hall–Kier alpha value is -2.13. The SMILES string of the molecule is S=P(/C=C(\c1ccc(I)cc1)P(=S)(c1ccccc1)c1ccccc1)(c1ccccc1)c1ccccc1. The summed E-state index contributed by atoms with van der Waals surface area (Å²) in [6, 6.07) is 46.3. The Morgan fingerprint density at radius 3 is 1.22 bits per heavy atom. The van der Waals surface area contributed by atoms with Crippen LogP contribution in [0.15, 0.2) is 151 Å². The Bertz CT molecular complexity index is 1510. The van der Waals surface area contributed by atoms with Crippen LogP contribution in [-0.2, 0) is 23.6 Å². The summed E-state index contributed by atoms with van der Waals surface area (Å²) >= 11 is 15.9. The molecule has 5 aromatic rings. The fourth-order valence-electron chi connectivity index (χ4n) is 4.43. The second-order valence-corrected chi connectivity index (χ2v) is 18.6. The molecular formula is C32H25IP2S2. The summed E-state index contributed by atoms with van der Waals surface area (Å²) in [6.07, 6.45) is 0. The van der Waals surface area contributed by atoms with Crippen LogP contribution in [0.4, 0.5) is 0 Å². The lowest BCUT2D eigenvalue weighted by molar-refractivity contribution is 1.60. The minimum absolute atomic E-state index is 1.14. The van der Waals surface area contributed by atoms with E-state index in [0.29, 0.717) is 0 Å². The molecule has 5 heteroatoms. The molecule has 0 aliphatic heterocycles. The minimum Gasteiger partial charge on any atom is -0.0832 e. The van der Waals surface area contributed by atoms with Crippen molar-refractivity contribution in [3.63, 3.8) is 0 Å². The van der Waals surface area contributed by atoms with E-state index >= 15 is 0 Å². The molecule has 0 saturated carbocycles. The highest BCUT2D eigenvalue weighted by atomic mass is 127. The van der Waals surface area contributed by atoms with Crippen LogP contribution in [-0.4, -0.2) is 0 Å². The van der Waals surface area contributed by atoms with E-state index in [2.05, 4.69) is 174 Å². The van der Waals surface area contributed by atoms with Gasteiger partial charge in [-0.2, -0.15) is 0 Å². The van der Waals surface area contributed by atoms with Gasteiger partial charge >= 0.3 is 0 Å². The van der Waals surface area contributed by atoms with Crippen LogP contribution in [0.3, 0.4) is 0 Å². The predicted octanol–water partition coefficient (Wildman–Crippen LogP) is 7.85. The maximum Gasteiger partial charge on any atom is 0.0386 e. The molecule has 0 N–H and O–H groups in total. The predicted molar refractivity (Wildman–Crippen MR) is 180 cm³/mol. The van der Waals surface area contributed by atoms with E-state index in [1.165, 1.54) is 24.8 Å². The number of rotatable bonds is 7. The van der Waals surface area contributed by atoms with E-state index in [-0.39, 0.29) is 0 Å². The highest BCUT2D eigenvalue weighted by molar-refractivity contribution is 14.1. The van der Waals surface area contributed by atoms with E-state index in [1.54, 1.807) is 0 Å². The first-order valence-electron chi connectivity index (χ1n) is 11.9. The van der Waals surface area contributed by atoms with Gasteiger partial charge in [0.05, 0.1) is 0 Å². The maximum absolute atomic E-state index is 6.85. The third-order valence-corrected chi connectivity index (χ3v) is 16.5. The van der Waals surface area contributed by atoms with Gasteiger partial charge in [0.1, 0.15) is 0 Å². The molecule has 5 rings (SSSR count). The van der Waals surface area contributed by atoms with Gasteiger partial charge in [0, 0.05) is 21.0 Å². The van der Waals surface area contributed by atoms with Gasteiger partial charge in [0.2, 0.25) is 0 Å². The number of halogens is 1. The van der Waals surface area contributed by atoms with Gasteiger partial charge in [0.25, 0.3) is 0 Å². The van der Waals surface area contributed by atoms with Crippen molar-refractivity contribution in [1.29, 1.82) is 0 Å². The van der Waals surface area contributed by atoms with E-state index in [9.17, 15) is 0 Å². The highest BCUT2D eigenvalue weighted by Crippen LogP contribution is 2.61. The van der Waals surface area contributed by atoms with Gasteiger partial charge in [-0.3, -0.25) is 0 Å². The van der Waals surface area contributed by atoms with E-state index in [1.807, 2.05) is 0 Å². The first-order chi connectivity index (χ1) is 18.0. The molecule has 0 spiro atoms. The summed E-state index contributed by atoms with van der Waals surface area (Å²) in [6.45, 7) is 0. The van der Waals surface area contributed by atoms with Crippen LogP contribution in [0.2, 0.25) is 0 Å².